The van der Waals surface area contributed by atoms with E-state index in [0.29, 0.717) is 0 Å². The van der Waals surface area contributed by atoms with Crippen LogP contribution in [-0.4, -0.2) is 31.4 Å². The summed E-state index contributed by atoms with van der Waals surface area (Å²) in [7, 11) is -1.95. The number of ether oxygens (including phenoxy) is 1. The van der Waals surface area contributed by atoms with Crippen molar-refractivity contribution in [3.05, 3.63) is 41.4 Å². The third-order valence-corrected chi connectivity index (χ3v) is 3.36. The van der Waals surface area contributed by atoms with Gasteiger partial charge in [0.05, 0.1) is 6.61 Å². The molecule has 1 unspecified atom stereocenters. The van der Waals surface area contributed by atoms with Gasteiger partial charge in [-0.15, -0.1) is 0 Å². The van der Waals surface area contributed by atoms with Crippen molar-refractivity contribution in [1.82, 2.24) is 0 Å². The van der Waals surface area contributed by atoms with E-state index in [4.69, 9.17) is 9.16 Å². The summed E-state index contributed by atoms with van der Waals surface area (Å²) in [5, 5.41) is 0. The molecule has 0 heterocycles. The summed E-state index contributed by atoms with van der Waals surface area (Å²) in [6.45, 7) is 7.92. The molecule has 1 atom stereocenters. The molecule has 0 N–H and O–H groups in total. The number of hydrogen-bond acceptors (Lipinski definition) is 3. The van der Waals surface area contributed by atoms with Crippen LogP contribution in [0.25, 0.3) is 5.53 Å². The van der Waals surface area contributed by atoms with Gasteiger partial charge in [-0.25, -0.2) is 4.79 Å². The molecule has 0 aliphatic carbocycles. The van der Waals surface area contributed by atoms with Gasteiger partial charge in [0.15, 0.2) is 14.4 Å². The molecular weight excluding hydrogens is 272 g/mol. The summed E-state index contributed by atoms with van der Waals surface area (Å²) >= 11 is 0. The summed E-state index contributed by atoms with van der Waals surface area (Å²) in [4.78, 5) is 15.0. The van der Waals surface area contributed by atoms with Crippen molar-refractivity contribution < 1.29 is 18.7 Å². The van der Waals surface area contributed by atoms with Gasteiger partial charge >= 0.3 is 11.7 Å². The molecule has 0 bridgehead atoms. The van der Waals surface area contributed by atoms with Crippen LogP contribution in [0.4, 0.5) is 0 Å². The van der Waals surface area contributed by atoms with Crippen molar-refractivity contribution in [2.24, 2.45) is 0 Å². The van der Waals surface area contributed by atoms with E-state index in [0.717, 1.165) is 5.56 Å². The standard InChI is InChI=1S/C14H20N2O3Si/c1-5-18-14(17)12(16-15)13(19-20(2,3)4)11-9-7-6-8-10-11/h6-10,13H,5H2,1-4H3. The van der Waals surface area contributed by atoms with E-state index in [1.807, 2.05) is 50.0 Å². The van der Waals surface area contributed by atoms with Crippen LogP contribution in [0.1, 0.15) is 18.6 Å². The zero-order valence-electron chi connectivity index (χ0n) is 12.3. The van der Waals surface area contributed by atoms with E-state index >= 15 is 0 Å². The second-order valence-corrected chi connectivity index (χ2v) is 9.69. The smallest absolute Gasteiger partial charge is 0.420 e. The molecule has 1 aromatic rings. The quantitative estimate of drug-likeness (QED) is 0.266. The van der Waals surface area contributed by atoms with E-state index in [2.05, 4.69) is 4.79 Å². The number of carbonyl (C=O) groups is 1. The van der Waals surface area contributed by atoms with E-state index in [9.17, 15) is 10.3 Å². The molecule has 0 saturated heterocycles. The van der Waals surface area contributed by atoms with E-state index < -0.39 is 20.4 Å². The fourth-order valence-corrected chi connectivity index (χ4v) is 2.62. The average Bonchev–Trinajstić information content (AvgIpc) is 2.38. The number of rotatable bonds is 6. The fourth-order valence-electron chi connectivity index (χ4n) is 1.67. The molecule has 20 heavy (non-hydrogen) atoms. The Morgan fingerprint density at radius 1 is 1.30 bits per heavy atom. The van der Waals surface area contributed by atoms with Gasteiger partial charge in [-0.05, 0) is 32.1 Å². The maximum absolute atomic E-state index is 11.9. The van der Waals surface area contributed by atoms with Gasteiger partial charge in [-0.1, -0.05) is 30.3 Å². The number of carbonyl (C=O) groups excluding carboxylic acids is 1. The summed E-state index contributed by atoms with van der Waals surface area (Å²) < 4.78 is 10.9. The second-order valence-electron chi connectivity index (χ2n) is 5.23. The molecule has 0 aliphatic heterocycles. The Morgan fingerprint density at radius 2 is 1.90 bits per heavy atom. The summed E-state index contributed by atoms with van der Waals surface area (Å²) in [5.41, 5.74) is 9.81. The molecule has 0 amide bonds. The van der Waals surface area contributed by atoms with Gasteiger partial charge in [0, 0.05) is 0 Å². The maximum atomic E-state index is 11.9. The van der Waals surface area contributed by atoms with Crippen LogP contribution in [0.5, 0.6) is 0 Å². The molecule has 0 radical (unpaired) electrons. The lowest BCUT2D eigenvalue weighted by atomic mass is 10.1. The van der Waals surface area contributed by atoms with Crippen LogP contribution in [0.3, 0.4) is 0 Å². The highest BCUT2D eigenvalue weighted by atomic mass is 28.4. The van der Waals surface area contributed by atoms with Gasteiger partial charge in [0.1, 0.15) is 0 Å². The number of esters is 1. The van der Waals surface area contributed by atoms with Crippen LogP contribution in [-0.2, 0) is 14.0 Å². The van der Waals surface area contributed by atoms with Crippen LogP contribution in [0, 0.1) is 0 Å². The van der Waals surface area contributed by atoms with Crippen molar-refractivity contribution in [3.8, 4) is 0 Å². The van der Waals surface area contributed by atoms with Crippen LogP contribution in [0.15, 0.2) is 30.3 Å². The highest BCUT2D eigenvalue weighted by Gasteiger charge is 2.37. The van der Waals surface area contributed by atoms with Crippen molar-refractivity contribution in [3.63, 3.8) is 0 Å². The zero-order valence-corrected chi connectivity index (χ0v) is 13.3. The van der Waals surface area contributed by atoms with Gasteiger partial charge in [-0.2, -0.15) is 4.79 Å². The Bertz CT molecular complexity index is 505. The van der Waals surface area contributed by atoms with E-state index in [-0.39, 0.29) is 12.3 Å². The van der Waals surface area contributed by atoms with Gasteiger partial charge in [0.25, 0.3) is 0 Å². The maximum Gasteiger partial charge on any atom is 0.420 e. The van der Waals surface area contributed by atoms with Gasteiger partial charge in [0.2, 0.25) is 0 Å². The SMILES string of the molecule is CCOC(=O)C(=[N+]=[N-])C(O[Si](C)(C)C)c1ccccc1. The fraction of sp³-hybridized carbons (Fsp3) is 0.429. The molecule has 108 valence electrons. The van der Waals surface area contributed by atoms with Gasteiger partial charge in [-0.3, -0.25) is 0 Å². The average molecular weight is 292 g/mol. The molecular formula is C14H20N2O3Si. The minimum atomic E-state index is -1.95. The Hall–Kier alpha value is -1.75. The highest BCUT2D eigenvalue weighted by Crippen LogP contribution is 2.23. The lowest BCUT2D eigenvalue weighted by Gasteiger charge is -2.23. The molecule has 0 aromatic heterocycles. The zero-order chi connectivity index (χ0) is 15.2. The molecule has 5 nitrogen and oxygen atoms in total. The lowest BCUT2D eigenvalue weighted by molar-refractivity contribution is -0.141. The lowest BCUT2D eigenvalue weighted by Crippen LogP contribution is -2.35. The predicted octanol–water partition coefficient (Wildman–Crippen LogP) is 2.81. The van der Waals surface area contributed by atoms with E-state index in [1.165, 1.54) is 0 Å². The van der Waals surface area contributed by atoms with Crippen LogP contribution in [0.2, 0.25) is 19.6 Å². The van der Waals surface area contributed by atoms with Crippen molar-refractivity contribution in [1.29, 1.82) is 0 Å². The first-order valence-electron chi connectivity index (χ1n) is 6.51. The Kier molecular flexibility index (Phi) is 5.82. The number of hydrogen-bond donors (Lipinski definition) is 0. The Morgan fingerprint density at radius 3 is 2.35 bits per heavy atom. The van der Waals surface area contributed by atoms with Crippen molar-refractivity contribution in [2.75, 3.05) is 6.61 Å². The highest BCUT2D eigenvalue weighted by molar-refractivity contribution is 6.70. The van der Waals surface area contributed by atoms with Gasteiger partial charge < -0.3 is 14.7 Å². The van der Waals surface area contributed by atoms with Crippen LogP contribution >= 0.6 is 0 Å². The second kappa shape index (κ2) is 7.14. The molecule has 0 aliphatic rings. The molecule has 0 fully saturated rings. The Balaban J connectivity index is 3.17. The summed E-state index contributed by atoms with van der Waals surface area (Å²) in [5.74, 6) is -0.665. The third kappa shape index (κ3) is 4.73. The monoisotopic (exact) mass is 292 g/mol. The van der Waals surface area contributed by atoms with Crippen LogP contribution < -0.4 is 0 Å². The first kappa shape index (κ1) is 16.3. The largest absolute Gasteiger partial charge is 0.457 e. The summed E-state index contributed by atoms with van der Waals surface area (Å²) in [6.07, 6.45) is -0.716. The number of benzene rings is 1. The summed E-state index contributed by atoms with van der Waals surface area (Å²) in [6, 6.07) is 9.21. The predicted molar refractivity (Wildman–Crippen MR) is 78.9 cm³/mol. The minimum absolute atomic E-state index is 0.125. The molecule has 1 rings (SSSR count). The van der Waals surface area contributed by atoms with Crippen molar-refractivity contribution in [2.45, 2.75) is 32.7 Å². The number of nitrogens with zero attached hydrogens (tertiary/aromatic N) is 2. The Labute approximate surface area is 120 Å². The molecule has 6 heteroatoms. The van der Waals surface area contributed by atoms with E-state index in [1.54, 1.807) is 6.92 Å². The first-order chi connectivity index (χ1) is 9.39. The topological polar surface area (TPSA) is 71.9 Å². The normalized spacial score (nSPS) is 12.4. The molecule has 0 saturated carbocycles. The van der Waals surface area contributed by atoms with Crippen molar-refractivity contribution >= 4 is 20.0 Å². The third-order valence-electron chi connectivity index (χ3n) is 2.41. The molecule has 0 spiro atoms. The molecule has 1 aromatic carbocycles. The minimum Gasteiger partial charge on any atom is -0.457 e. The first-order valence-corrected chi connectivity index (χ1v) is 9.91.